The molecule has 0 saturated carbocycles. The van der Waals surface area contributed by atoms with E-state index in [0.29, 0.717) is 11.4 Å². The van der Waals surface area contributed by atoms with Crippen LogP contribution in [0.25, 0.3) is 0 Å². The number of amides is 1. The van der Waals surface area contributed by atoms with Crippen LogP contribution in [0.4, 0.5) is 4.79 Å². The number of fused-ring (bicyclic) bond motifs is 1. The van der Waals surface area contributed by atoms with Crippen molar-refractivity contribution in [3.63, 3.8) is 0 Å². The number of carboxylic acid groups (broad SMARTS) is 1. The van der Waals surface area contributed by atoms with E-state index in [9.17, 15) is 9.59 Å². The number of hydrogen-bond donors (Lipinski definition) is 1. The fraction of sp³-hybridized carbons (Fsp3) is 0.500. The maximum absolute atomic E-state index is 11.6. The molecule has 6 heteroatoms. The number of imidazole rings is 1. The van der Waals surface area contributed by atoms with Crippen molar-refractivity contribution in [1.29, 1.82) is 0 Å². The van der Waals surface area contributed by atoms with Gasteiger partial charge in [-0.05, 0) is 6.42 Å². The zero-order valence-corrected chi connectivity index (χ0v) is 9.01. The summed E-state index contributed by atoms with van der Waals surface area (Å²) in [6, 6.07) is 0. The summed E-state index contributed by atoms with van der Waals surface area (Å²) in [7, 11) is 0. The lowest BCUT2D eigenvalue weighted by molar-refractivity contribution is 0.0865. The average Bonchev–Trinajstić information content (AvgIpc) is 2.63. The van der Waals surface area contributed by atoms with E-state index >= 15 is 0 Å². The second kappa shape index (κ2) is 3.96. The molecule has 0 spiro atoms. The predicted molar refractivity (Wildman–Crippen MR) is 55.3 cm³/mol. The van der Waals surface area contributed by atoms with Crippen LogP contribution in [0.2, 0.25) is 0 Å². The summed E-state index contributed by atoms with van der Waals surface area (Å²) in [4.78, 5) is 27.6. The summed E-state index contributed by atoms with van der Waals surface area (Å²) < 4.78 is 1.85. The fourth-order valence-electron chi connectivity index (χ4n) is 1.86. The van der Waals surface area contributed by atoms with Gasteiger partial charge in [0.15, 0.2) is 0 Å². The van der Waals surface area contributed by atoms with Gasteiger partial charge in [-0.15, -0.1) is 0 Å². The third kappa shape index (κ3) is 1.66. The van der Waals surface area contributed by atoms with Gasteiger partial charge in [0.05, 0.1) is 25.1 Å². The van der Waals surface area contributed by atoms with Gasteiger partial charge in [0.1, 0.15) is 5.69 Å². The minimum absolute atomic E-state index is 0.0918. The highest BCUT2D eigenvalue weighted by Gasteiger charge is 2.29. The molecule has 2 heterocycles. The lowest BCUT2D eigenvalue weighted by atomic mass is 10.1. The number of aromatic nitrogens is 2. The highest BCUT2D eigenvalue weighted by molar-refractivity contribution is 5.99. The van der Waals surface area contributed by atoms with Crippen LogP contribution < -0.4 is 0 Å². The van der Waals surface area contributed by atoms with Gasteiger partial charge in [0, 0.05) is 6.54 Å². The Bertz CT molecular complexity index is 439. The van der Waals surface area contributed by atoms with E-state index in [4.69, 9.17) is 5.11 Å². The average molecular weight is 223 g/mol. The molecule has 0 aromatic carbocycles. The Hall–Kier alpha value is -1.85. The van der Waals surface area contributed by atoms with Crippen LogP contribution in [-0.4, -0.2) is 38.0 Å². The number of rotatable bonds is 2. The zero-order chi connectivity index (χ0) is 11.7. The quantitative estimate of drug-likeness (QED) is 0.810. The minimum Gasteiger partial charge on any atom is -0.465 e. The van der Waals surface area contributed by atoms with Crippen molar-refractivity contribution >= 4 is 11.9 Å². The Labute approximate surface area is 92.5 Å². The molecule has 1 aromatic rings. The summed E-state index contributed by atoms with van der Waals surface area (Å²) >= 11 is 0. The van der Waals surface area contributed by atoms with Gasteiger partial charge < -0.3 is 9.67 Å². The van der Waals surface area contributed by atoms with Gasteiger partial charge in [-0.3, -0.25) is 9.69 Å². The highest BCUT2D eigenvalue weighted by Crippen LogP contribution is 2.18. The van der Waals surface area contributed by atoms with Crippen molar-refractivity contribution in [3.8, 4) is 0 Å². The largest absolute Gasteiger partial charge is 0.465 e. The predicted octanol–water partition coefficient (Wildman–Crippen LogP) is 0.969. The van der Waals surface area contributed by atoms with Gasteiger partial charge in [-0.25, -0.2) is 9.78 Å². The second-order valence-corrected chi connectivity index (χ2v) is 3.80. The number of Topliss-reactive ketones (excluding diaryl/α,β-unsaturated/α-hetero) is 1. The number of nitrogens with zero attached hydrogens (tertiary/aromatic N) is 3. The maximum atomic E-state index is 11.6. The van der Waals surface area contributed by atoms with Gasteiger partial charge >= 0.3 is 6.09 Å². The first-order valence-corrected chi connectivity index (χ1v) is 5.18. The topological polar surface area (TPSA) is 75.4 Å². The molecule has 1 amide bonds. The van der Waals surface area contributed by atoms with E-state index in [1.54, 1.807) is 6.33 Å². The van der Waals surface area contributed by atoms with Crippen molar-refractivity contribution in [2.24, 2.45) is 0 Å². The van der Waals surface area contributed by atoms with E-state index < -0.39 is 6.09 Å². The number of carbonyl (C=O) groups is 2. The van der Waals surface area contributed by atoms with Gasteiger partial charge in [-0.2, -0.15) is 0 Å². The first kappa shape index (κ1) is 10.7. The van der Waals surface area contributed by atoms with Crippen LogP contribution >= 0.6 is 0 Å². The molecule has 1 aliphatic heterocycles. The van der Waals surface area contributed by atoms with Crippen LogP contribution in [0.15, 0.2) is 6.33 Å². The molecular weight excluding hydrogens is 210 g/mol. The summed E-state index contributed by atoms with van der Waals surface area (Å²) in [5.74, 6) is -0.224. The number of hydrogen-bond acceptors (Lipinski definition) is 3. The molecule has 2 rings (SSSR count). The molecular formula is C10H13N3O3. The molecule has 0 atom stereocenters. The number of aryl methyl sites for hydroxylation is 1. The normalized spacial score (nSPS) is 15.1. The third-order valence-corrected chi connectivity index (χ3v) is 2.62. The SMILES string of the molecule is CCCn1cnc2c1CN(C(=O)O)CC2=O. The van der Waals surface area contributed by atoms with Gasteiger partial charge in [0.25, 0.3) is 0 Å². The molecule has 0 fully saturated rings. The summed E-state index contributed by atoms with van der Waals surface area (Å²) in [6.45, 7) is 2.93. The fourth-order valence-corrected chi connectivity index (χ4v) is 1.86. The van der Waals surface area contributed by atoms with Crippen molar-refractivity contribution in [2.45, 2.75) is 26.4 Å². The van der Waals surface area contributed by atoms with Crippen molar-refractivity contribution < 1.29 is 14.7 Å². The monoisotopic (exact) mass is 223 g/mol. The third-order valence-electron chi connectivity index (χ3n) is 2.62. The molecule has 0 aliphatic carbocycles. The summed E-state index contributed by atoms with van der Waals surface area (Å²) in [5.41, 5.74) is 1.13. The minimum atomic E-state index is -1.07. The molecule has 1 aromatic heterocycles. The van der Waals surface area contributed by atoms with Crippen molar-refractivity contribution in [1.82, 2.24) is 14.5 Å². The van der Waals surface area contributed by atoms with E-state index in [0.717, 1.165) is 17.9 Å². The first-order chi connectivity index (χ1) is 7.63. The maximum Gasteiger partial charge on any atom is 0.408 e. The Morgan fingerprint density at radius 2 is 2.31 bits per heavy atom. The standard InChI is InChI=1S/C10H13N3O3/c1-2-3-12-6-11-9-7(12)4-13(10(15)16)5-8(9)14/h6H,2-5H2,1H3,(H,15,16). The van der Waals surface area contributed by atoms with Crippen molar-refractivity contribution in [2.75, 3.05) is 6.54 Å². The molecule has 0 saturated heterocycles. The Balaban J connectivity index is 2.34. The molecule has 16 heavy (non-hydrogen) atoms. The lowest BCUT2D eigenvalue weighted by Crippen LogP contribution is -2.39. The second-order valence-electron chi connectivity index (χ2n) is 3.80. The summed E-state index contributed by atoms with van der Waals surface area (Å²) in [6.07, 6.45) is 1.46. The molecule has 1 aliphatic rings. The van der Waals surface area contributed by atoms with E-state index in [2.05, 4.69) is 4.98 Å². The number of carbonyl (C=O) groups excluding carboxylic acids is 1. The van der Waals surface area contributed by atoms with Crippen LogP contribution in [0.5, 0.6) is 0 Å². The molecule has 0 radical (unpaired) electrons. The number of ketones is 1. The Kier molecular flexibility index (Phi) is 2.64. The van der Waals surface area contributed by atoms with Crippen molar-refractivity contribution in [3.05, 3.63) is 17.7 Å². The van der Waals surface area contributed by atoms with Crippen LogP contribution in [0.1, 0.15) is 29.5 Å². The smallest absolute Gasteiger partial charge is 0.408 e. The van der Waals surface area contributed by atoms with E-state index in [1.807, 2.05) is 11.5 Å². The van der Waals surface area contributed by atoms with Crippen LogP contribution in [0.3, 0.4) is 0 Å². The molecule has 0 bridgehead atoms. The molecule has 86 valence electrons. The van der Waals surface area contributed by atoms with Gasteiger partial charge in [0.2, 0.25) is 5.78 Å². The van der Waals surface area contributed by atoms with Gasteiger partial charge in [-0.1, -0.05) is 6.92 Å². The first-order valence-electron chi connectivity index (χ1n) is 5.18. The molecule has 6 nitrogen and oxygen atoms in total. The molecule has 0 unspecified atom stereocenters. The Morgan fingerprint density at radius 3 is 2.94 bits per heavy atom. The highest BCUT2D eigenvalue weighted by atomic mass is 16.4. The summed E-state index contributed by atoms with van der Waals surface area (Å²) in [5, 5.41) is 8.88. The molecule has 1 N–H and O–H groups in total. The lowest BCUT2D eigenvalue weighted by Gasteiger charge is -2.23. The van der Waals surface area contributed by atoms with E-state index in [1.165, 1.54) is 0 Å². The Morgan fingerprint density at radius 1 is 1.56 bits per heavy atom. The van der Waals surface area contributed by atoms with Crippen LogP contribution in [-0.2, 0) is 13.1 Å². The van der Waals surface area contributed by atoms with E-state index in [-0.39, 0.29) is 18.9 Å². The zero-order valence-electron chi connectivity index (χ0n) is 9.01. The van der Waals surface area contributed by atoms with Crippen LogP contribution in [0, 0.1) is 0 Å².